The molecule has 2 heterocycles. The molecule has 1 aromatic heterocycles. The van der Waals surface area contributed by atoms with Gasteiger partial charge in [0.05, 0.1) is 22.8 Å². The molecule has 1 aliphatic heterocycles. The summed E-state index contributed by atoms with van der Waals surface area (Å²) in [5, 5.41) is 0.611. The van der Waals surface area contributed by atoms with E-state index in [1.54, 1.807) is 11.8 Å². The van der Waals surface area contributed by atoms with E-state index >= 15 is 0 Å². The smallest absolute Gasteiger partial charge is 0.242 e. The highest BCUT2D eigenvalue weighted by Gasteiger charge is 2.27. The normalized spacial score (nSPS) is 12.2. The van der Waals surface area contributed by atoms with Crippen molar-refractivity contribution in [2.45, 2.75) is 21.9 Å². The van der Waals surface area contributed by atoms with Gasteiger partial charge < -0.3 is 0 Å². The van der Waals surface area contributed by atoms with Crippen molar-refractivity contribution in [2.75, 3.05) is 10.7 Å². The van der Waals surface area contributed by atoms with E-state index in [0.29, 0.717) is 5.16 Å². The van der Waals surface area contributed by atoms with E-state index < -0.39 is 0 Å². The number of rotatable bonds is 4. The number of carbonyl (C=O) groups excluding carboxylic acids is 1. The fourth-order valence-electron chi connectivity index (χ4n) is 3.53. The van der Waals surface area contributed by atoms with E-state index in [4.69, 9.17) is 0 Å². The molecule has 0 N–H and O–H groups in total. The average Bonchev–Trinajstić information content (AvgIpc) is 2.81. The zero-order valence-corrected chi connectivity index (χ0v) is 18.5. The lowest BCUT2D eigenvalue weighted by Gasteiger charge is -2.30. The molecule has 0 saturated carbocycles. The number of anilines is 2. The Kier molecular flexibility index (Phi) is 5.49. The van der Waals surface area contributed by atoms with Crippen molar-refractivity contribution in [3.05, 3.63) is 90.6 Å². The molecule has 0 unspecified atom stereocenters. The molecule has 0 aliphatic carbocycles. The van der Waals surface area contributed by atoms with Crippen LogP contribution in [-0.2, 0) is 4.79 Å². The van der Waals surface area contributed by atoms with Gasteiger partial charge >= 0.3 is 0 Å². The van der Waals surface area contributed by atoms with Crippen molar-refractivity contribution < 1.29 is 4.79 Å². The maximum Gasteiger partial charge on any atom is 0.242 e. The standard InChI is InChI=1S/C25H19N3OS2/c1-17-15-19(18-9-3-2-4-10-18)27-25(26-17)30-16-24(29)28-20-11-5-7-13-22(20)31-23-14-8-6-12-21(23)28/h2-15H,16H2,1H3. The number of hydrogen-bond acceptors (Lipinski definition) is 5. The van der Waals surface area contributed by atoms with Crippen LogP contribution in [0, 0.1) is 6.92 Å². The highest BCUT2D eigenvalue weighted by Crippen LogP contribution is 2.48. The molecule has 0 radical (unpaired) electrons. The number of aryl methyl sites for hydroxylation is 1. The predicted molar refractivity (Wildman–Crippen MR) is 127 cm³/mol. The Balaban J connectivity index is 1.42. The van der Waals surface area contributed by atoms with Gasteiger partial charge in [-0.1, -0.05) is 78.1 Å². The predicted octanol–water partition coefficient (Wildman–Crippen LogP) is 6.37. The van der Waals surface area contributed by atoms with Gasteiger partial charge in [0.2, 0.25) is 5.91 Å². The highest BCUT2D eigenvalue weighted by molar-refractivity contribution is 8.00. The second kappa shape index (κ2) is 8.57. The SMILES string of the molecule is Cc1cc(-c2ccccc2)nc(SCC(=O)N2c3ccccc3Sc3ccccc32)n1. The molecule has 4 nitrogen and oxygen atoms in total. The third kappa shape index (κ3) is 4.09. The van der Waals surface area contributed by atoms with Crippen LogP contribution in [0.25, 0.3) is 11.3 Å². The number of hydrogen-bond donors (Lipinski definition) is 0. The first kappa shape index (κ1) is 19.8. The van der Waals surface area contributed by atoms with Gasteiger partial charge in [-0.25, -0.2) is 9.97 Å². The van der Waals surface area contributed by atoms with Crippen LogP contribution in [0.5, 0.6) is 0 Å². The second-order valence-electron chi connectivity index (χ2n) is 7.10. The lowest BCUT2D eigenvalue weighted by molar-refractivity contribution is -0.115. The van der Waals surface area contributed by atoms with Gasteiger partial charge in [-0.05, 0) is 37.3 Å². The van der Waals surface area contributed by atoms with Crippen LogP contribution in [0.4, 0.5) is 11.4 Å². The number of thioether (sulfide) groups is 1. The number of benzene rings is 3. The monoisotopic (exact) mass is 441 g/mol. The molecule has 3 aromatic carbocycles. The van der Waals surface area contributed by atoms with E-state index in [-0.39, 0.29) is 11.7 Å². The Morgan fingerprint density at radius 3 is 2.16 bits per heavy atom. The maximum atomic E-state index is 13.4. The maximum absolute atomic E-state index is 13.4. The minimum atomic E-state index is 0.0107. The molecule has 4 aromatic rings. The van der Waals surface area contributed by atoms with Crippen LogP contribution in [-0.4, -0.2) is 21.6 Å². The van der Waals surface area contributed by atoms with Gasteiger partial charge in [0.1, 0.15) is 0 Å². The van der Waals surface area contributed by atoms with Gasteiger partial charge in [-0.15, -0.1) is 0 Å². The number of nitrogens with zero attached hydrogens (tertiary/aromatic N) is 3. The lowest BCUT2D eigenvalue weighted by Crippen LogP contribution is -2.30. The summed E-state index contributed by atoms with van der Waals surface area (Å²) < 4.78 is 0. The first-order valence-electron chi connectivity index (χ1n) is 9.92. The highest BCUT2D eigenvalue weighted by atomic mass is 32.2. The van der Waals surface area contributed by atoms with Crippen molar-refractivity contribution >= 4 is 40.8 Å². The van der Waals surface area contributed by atoms with Crippen molar-refractivity contribution in [3.63, 3.8) is 0 Å². The zero-order valence-electron chi connectivity index (χ0n) is 16.9. The molecule has 0 saturated heterocycles. The first-order chi connectivity index (χ1) is 15.2. The number of carbonyl (C=O) groups is 1. The molecule has 0 bridgehead atoms. The topological polar surface area (TPSA) is 46.1 Å². The van der Waals surface area contributed by atoms with E-state index in [0.717, 1.165) is 38.1 Å². The quantitative estimate of drug-likeness (QED) is 0.272. The van der Waals surface area contributed by atoms with Gasteiger partial charge in [0.25, 0.3) is 0 Å². The molecular formula is C25H19N3OS2. The first-order valence-corrected chi connectivity index (χ1v) is 11.7. The summed E-state index contributed by atoms with van der Waals surface area (Å²) in [6.45, 7) is 1.95. The summed E-state index contributed by atoms with van der Waals surface area (Å²) in [6.07, 6.45) is 0. The van der Waals surface area contributed by atoms with E-state index in [1.807, 2.05) is 84.6 Å². The fourth-order valence-corrected chi connectivity index (χ4v) is 5.34. The summed E-state index contributed by atoms with van der Waals surface area (Å²) in [5.41, 5.74) is 4.64. The van der Waals surface area contributed by atoms with E-state index in [2.05, 4.69) is 22.1 Å². The average molecular weight is 442 g/mol. The number of para-hydroxylation sites is 2. The fraction of sp³-hybridized carbons (Fsp3) is 0.0800. The molecule has 5 rings (SSSR count). The molecule has 0 fully saturated rings. The lowest BCUT2D eigenvalue weighted by atomic mass is 10.1. The van der Waals surface area contributed by atoms with Crippen LogP contribution in [0.1, 0.15) is 5.69 Å². The zero-order chi connectivity index (χ0) is 21.2. The molecule has 1 aliphatic rings. The number of fused-ring (bicyclic) bond motifs is 2. The van der Waals surface area contributed by atoms with Crippen LogP contribution in [0.2, 0.25) is 0 Å². The van der Waals surface area contributed by atoms with E-state index in [9.17, 15) is 4.79 Å². The molecule has 0 atom stereocenters. The summed E-state index contributed by atoms with van der Waals surface area (Å²) in [4.78, 5) is 26.6. The Bertz CT molecular complexity index is 1220. The Hall–Kier alpha value is -3.09. The van der Waals surface area contributed by atoms with Crippen LogP contribution >= 0.6 is 23.5 Å². The molecule has 1 amide bonds. The second-order valence-corrected chi connectivity index (χ2v) is 9.12. The third-order valence-electron chi connectivity index (χ3n) is 4.91. The van der Waals surface area contributed by atoms with Gasteiger partial charge in [0, 0.05) is 21.0 Å². The number of aromatic nitrogens is 2. The van der Waals surface area contributed by atoms with Gasteiger partial charge in [0.15, 0.2) is 5.16 Å². The minimum Gasteiger partial charge on any atom is -0.278 e. The van der Waals surface area contributed by atoms with Crippen LogP contribution in [0.15, 0.2) is 99.9 Å². The van der Waals surface area contributed by atoms with Crippen molar-refractivity contribution in [1.82, 2.24) is 9.97 Å². The van der Waals surface area contributed by atoms with Crippen LogP contribution < -0.4 is 4.90 Å². The largest absolute Gasteiger partial charge is 0.278 e. The third-order valence-corrected chi connectivity index (χ3v) is 6.87. The Labute approximate surface area is 189 Å². The summed E-state index contributed by atoms with van der Waals surface area (Å²) in [6, 6.07) is 28.0. The van der Waals surface area contributed by atoms with Crippen molar-refractivity contribution in [2.24, 2.45) is 0 Å². The molecule has 0 spiro atoms. The van der Waals surface area contributed by atoms with Gasteiger partial charge in [-0.3, -0.25) is 9.69 Å². The van der Waals surface area contributed by atoms with E-state index in [1.165, 1.54) is 11.8 Å². The van der Waals surface area contributed by atoms with Gasteiger partial charge in [-0.2, -0.15) is 0 Å². The van der Waals surface area contributed by atoms with Crippen molar-refractivity contribution in [1.29, 1.82) is 0 Å². The minimum absolute atomic E-state index is 0.0107. The molecule has 6 heteroatoms. The summed E-state index contributed by atoms with van der Waals surface area (Å²) in [5.74, 6) is 0.266. The summed E-state index contributed by atoms with van der Waals surface area (Å²) in [7, 11) is 0. The van der Waals surface area contributed by atoms with Crippen LogP contribution in [0.3, 0.4) is 0 Å². The van der Waals surface area contributed by atoms with Crippen molar-refractivity contribution in [3.8, 4) is 11.3 Å². The molecular weight excluding hydrogens is 422 g/mol. The Morgan fingerprint density at radius 1 is 0.871 bits per heavy atom. The Morgan fingerprint density at radius 2 is 1.48 bits per heavy atom. The molecule has 152 valence electrons. The number of amides is 1. The summed E-state index contributed by atoms with van der Waals surface area (Å²) >= 11 is 3.07. The molecule has 31 heavy (non-hydrogen) atoms.